The van der Waals surface area contributed by atoms with Gasteiger partial charge in [-0.15, -0.1) is 0 Å². The maximum atomic E-state index is 5.53. The molecule has 0 N–H and O–H groups in total. The van der Waals surface area contributed by atoms with Crippen LogP contribution in [0.5, 0.6) is 0 Å². The number of hydrazone groups is 1. The molecule has 2 heterocycles. The highest BCUT2D eigenvalue weighted by atomic mass is 16.5. The van der Waals surface area contributed by atoms with Gasteiger partial charge in [0, 0.05) is 17.7 Å². The van der Waals surface area contributed by atoms with E-state index in [0.717, 1.165) is 19.7 Å². The third-order valence-electron chi connectivity index (χ3n) is 3.54. The molecular formula is C12H23N3O. The lowest BCUT2D eigenvalue weighted by Crippen LogP contribution is -2.49. The summed E-state index contributed by atoms with van der Waals surface area (Å²) in [5.74, 6) is 0. The molecule has 0 amide bonds. The number of hydrogen-bond donors (Lipinski definition) is 0. The van der Waals surface area contributed by atoms with E-state index < -0.39 is 0 Å². The molecule has 2 aliphatic rings. The van der Waals surface area contributed by atoms with Crippen molar-refractivity contribution in [3.05, 3.63) is 0 Å². The van der Waals surface area contributed by atoms with Crippen molar-refractivity contribution in [2.75, 3.05) is 20.0 Å². The summed E-state index contributed by atoms with van der Waals surface area (Å²) in [6.07, 6.45) is 1.06. The molecule has 0 unspecified atom stereocenters. The summed E-state index contributed by atoms with van der Waals surface area (Å²) in [4.78, 5) is 2.34. The van der Waals surface area contributed by atoms with Crippen molar-refractivity contribution in [3.63, 3.8) is 0 Å². The van der Waals surface area contributed by atoms with Gasteiger partial charge in [0.1, 0.15) is 6.73 Å². The zero-order chi connectivity index (χ0) is 12.0. The molecule has 4 heteroatoms. The third kappa shape index (κ3) is 2.09. The van der Waals surface area contributed by atoms with Crippen LogP contribution >= 0.6 is 0 Å². The summed E-state index contributed by atoms with van der Waals surface area (Å²) in [6.45, 7) is 13.4. The van der Waals surface area contributed by atoms with E-state index in [4.69, 9.17) is 4.74 Å². The maximum Gasteiger partial charge on any atom is 0.101 e. The molecule has 1 fully saturated rings. The maximum absolute atomic E-state index is 5.53. The lowest BCUT2D eigenvalue weighted by molar-refractivity contribution is 0.0240. The van der Waals surface area contributed by atoms with Crippen LogP contribution in [0.4, 0.5) is 0 Å². The fourth-order valence-corrected chi connectivity index (χ4v) is 2.38. The second kappa shape index (κ2) is 3.70. The molecule has 92 valence electrons. The number of ether oxygens (including phenoxy) is 1. The van der Waals surface area contributed by atoms with E-state index in [9.17, 15) is 0 Å². The first-order valence-electron chi connectivity index (χ1n) is 5.96. The largest absolute Gasteiger partial charge is 0.364 e. The Labute approximate surface area is 98.2 Å². The molecule has 2 aliphatic heterocycles. The molecule has 0 aromatic heterocycles. The van der Waals surface area contributed by atoms with Gasteiger partial charge in [-0.1, -0.05) is 0 Å². The molecular weight excluding hydrogens is 202 g/mol. The van der Waals surface area contributed by atoms with Crippen LogP contribution in [-0.2, 0) is 4.74 Å². The Morgan fingerprint density at radius 1 is 1.25 bits per heavy atom. The molecule has 0 aromatic rings. The van der Waals surface area contributed by atoms with Crippen molar-refractivity contribution in [1.82, 2.24) is 9.91 Å². The predicted octanol–water partition coefficient (Wildman–Crippen LogP) is 1.87. The van der Waals surface area contributed by atoms with Gasteiger partial charge >= 0.3 is 0 Å². The van der Waals surface area contributed by atoms with Gasteiger partial charge in [-0.3, -0.25) is 9.91 Å². The Hall–Kier alpha value is -0.610. The molecule has 0 saturated carbocycles. The Balaban J connectivity index is 2.05. The lowest BCUT2D eigenvalue weighted by Gasteiger charge is -2.37. The normalized spacial score (nSPS) is 28.6. The summed E-state index contributed by atoms with van der Waals surface area (Å²) < 4.78 is 5.53. The fraction of sp³-hybridized carbons (Fsp3) is 0.917. The van der Waals surface area contributed by atoms with E-state index in [2.05, 4.69) is 49.6 Å². The minimum Gasteiger partial charge on any atom is -0.364 e. The van der Waals surface area contributed by atoms with E-state index >= 15 is 0 Å². The van der Waals surface area contributed by atoms with Crippen molar-refractivity contribution >= 4 is 5.71 Å². The van der Waals surface area contributed by atoms with Crippen molar-refractivity contribution in [1.29, 1.82) is 0 Å². The Morgan fingerprint density at radius 2 is 1.94 bits per heavy atom. The van der Waals surface area contributed by atoms with E-state index in [1.165, 1.54) is 5.71 Å². The van der Waals surface area contributed by atoms with E-state index in [0.29, 0.717) is 6.73 Å². The fourth-order valence-electron chi connectivity index (χ4n) is 2.38. The van der Waals surface area contributed by atoms with E-state index in [-0.39, 0.29) is 11.1 Å². The summed E-state index contributed by atoms with van der Waals surface area (Å²) in [5.41, 5.74) is 1.49. The molecule has 0 atom stereocenters. The molecule has 2 rings (SSSR count). The van der Waals surface area contributed by atoms with Crippen molar-refractivity contribution < 1.29 is 4.74 Å². The topological polar surface area (TPSA) is 28.1 Å². The Kier molecular flexibility index (Phi) is 2.75. The average molecular weight is 225 g/mol. The molecule has 0 aliphatic carbocycles. The second-order valence-corrected chi connectivity index (χ2v) is 6.20. The molecule has 16 heavy (non-hydrogen) atoms. The number of nitrogens with zero attached hydrogens (tertiary/aromatic N) is 3. The molecule has 0 aromatic carbocycles. The van der Waals surface area contributed by atoms with Crippen LogP contribution in [0, 0.1) is 0 Å². The van der Waals surface area contributed by atoms with Gasteiger partial charge in [0.15, 0.2) is 0 Å². The van der Waals surface area contributed by atoms with Crippen LogP contribution in [0.1, 0.15) is 41.0 Å². The first kappa shape index (κ1) is 11.9. The second-order valence-electron chi connectivity index (χ2n) is 6.20. The van der Waals surface area contributed by atoms with Crippen LogP contribution in [-0.4, -0.2) is 46.7 Å². The van der Waals surface area contributed by atoms with Gasteiger partial charge in [0.05, 0.1) is 18.8 Å². The monoisotopic (exact) mass is 225 g/mol. The van der Waals surface area contributed by atoms with Gasteiger partial charge in [-0.25, -0.2) is 0 Å². The quantitative estimate of drug-likeness (QED) is 0.718. The highest BCUT2D eigenvalue weighted by Gasteiger charge is 2.39. The third-order valence-corrected chi connectivity index (χ3v) is 3.54. The minimum atomic E-state index is 0.127. The van der Waals surface area contributed by atoms with Crippen LogP contribution < -0.4 is 0 Å². The molecule has 0 radical (unpaired) electrons. The predicted molar refractivity (Wildman–Crippen MR) is 65.2 cm³/mol. The van der Waals surface area contributed by atoms with Crippen molar-refractivity contribution in [2.24, 2.45) is 5.10 Å². The summed E-state index contributed by atoms with van der Waals surface area (Å²) in [5, 5.41) is 6.82. The number of rotatable bonds is 2. The summed E-state index contributed by atoms with van der Waals surface area (Å²) in [7, 11) is 0. The van der Waals surface area contributed by atoms with Crippen LogP contribution in [0.15, 0.2) is 5.10 Å². The van der Waals surface area contributed by atoms with Crippen molar-refractivity contribution in [3.8, 4) is 0 Å². The van der Waals surface area contributed by atoms with Crippen molar-refractivity contribution in [2.45, 2.75) is 52.1 Å². The standard InChI is InChI=1S/C12H23N3O/c1-10-6-11(2,3)15(13-10)8-14-9-16-7-12(14,4)5/h6-9H2,1-5H3. The van der Waals surface area contributed by atoms with Gasteiger partial charge in [0.2, 0.25) is 0 Å². The van der Waals surface area contributed by atoms with E-state index in [1.54, 1.807) is 0 Å². The average Bonchev–Trinajstić information content (AvgIpc) is 2.54. The zero-order valence-electron chi connectivity index (χ0n) is 11.1. The van der Waals surface area contributed by atoms with Gasteiger partial charge in [0.25, 0.3) is 0 Å². The summed E-state index contributed by atoms with van der Waals surface area (Å²) in [6, 6.07) is 0. The highest BCUT2D eigenvalue weighted by molar-refractivity contribution is 5.84. The smallest absolute Gasteiger partial charge is 0.101 e. The first-order valence-corrected chi connectivity index (χ1v) is 5.96. The van der Waals surface area contributed by atoms with Crippen LogP contribution in [0.3, 0.4) is 0 Å². The zero-order valence-corrected chi connectivity index (χ0v) is 11.1. The number of hydrogen-bond acceptors (Lipinski definition) is 4. The van der Waals surface area contributed by atoms with Gasteiger partial charge < -0.3 is 4.74 Å². The molecule has 4 nitrogen and oxygen atoms in total. The Morgan fingerprint density at radius 3 is 2.38 bits per heavy atom. The SMILES string of the molecule is CC1=NN(CN2COCC2(C)C)C(C)(C)C1. The molecule has 1 saturated heterocycles. The minimum absolute atomic E-state index is 0.127. The van der Waals surface area contributed by atoms with Crippen LogP contribution in [0.25, 0.3) is 0 Å². The van der Waals surface area contributed by atoms with E-state index in [1.807, 2.05) is 0 Å². The highest BCUT2D eigenvalue weighted by Crippen LogP contribution is 2.29. The Bertz CT molecular complexity index is 309. The summed E-state index contributed by atoms with van der Waals surface area (Å²) >= 11 is 0. The molecule has 0 spiro atoms. The lowest BCUT2D eigenvalue weighted by atomic mass is 9.99. The van der Waals surface area contributed by atoms with Gasteiger partial charge in [-0.05, 0) is 34.6 Å². The van der Waals surface area contributed by atoms with Crippen LogP contribution in [0.2, 0.25) is 0 Å². The first-order chi connectivity index (χ1) is 7.31. The molecule has 0 bridgehead atoms. The van der Waals surface area contributed by atoms with Gasteiger partial charge in [-0.2, -0.15) is 5.10 Å².